The molecule has 2 fully saturated rings. The zero-order valence-corrected chi connectivity index (χ0v) is 16.5. The molecule has 0 radical (unpaired) electrons. The van der Waals surface area contributed by atoms with E-state index in [0.717, 1.165) is 19.3 Å². The van der Waals surface area contributed by atoms with Crippen molar-refractivity contribution < 1.29 is 23.5 Å². The highest BCUT2D eigenvalue weighted by Crippen LogP contribution is 2.41. The number of hydrogen-bond acceptors (Lipinski definition) is 7. The first-order chi connectivity index (χ1) is 13.5. The summed E-state index contributed by atoms with van der Waals surface area (Å²) in [5, 5.41) is 11.7. The molecule has 2 heterocycles. The van der Waals surface area contributed by atoms with Gasteiger partial charge in [-0.25, -0.2) is 4.79 Å². The van der Waals surface area contributed by atoms with Crippen molar-refractivity contribution in [1.82, 2.24) is 10.2 Å². The van der Waals surface area contributed by atoms with Gasteiger partial charge < -0.3 is 19.4 Å². The lowest BCUT2D eigenvalue weighted by molar-refractivity contribution is -0.156. The molecule has 2 aliphatic rings. The zero-order valence-electron chi connectivity index (χ0n) is 15.7. The molecule has 1 aliphatic heterocycles. The van der Waals surface area contributed by atoms with E-state index >= 15 is 0 Å². The van der Waals surface area contributed by atoms with Gasteiger partial charge in [0.05, 0.1) is 12.3 Å². The van der Waals surface area contributed by atoms with Gasteiger partial charge in [-0.2, -0.15) is 5.26 Å². The molecule has 1 aromatic rings. The summed E-state index contributed by atoms with van der Waals surface area (Å²) < 4.78 is 10.5. The van der Waals surface area contributed by atoms with Crippen molar-refractivity contribution >= 4 is 29.5 Å². The van der Waals surface area contributed by atoms with Crippen LogP contribution in [0.4, 0.5) is 0 Å². The van der Waals surface area contributed by atoms with Crippen molar-refractivity contribution in [2.75, 3.05) is 12.4 Å². The second-order valence-corrected chi connectivity index (χ2v) is 8.17. The van der Waals surface area contributed by atoms with E-state index in [1.807, 2.05) is 0 Å². The Balaban J connectivity index is 1.57. The van der Waals surface area contributed by atoms with Crippen molar-refractivity contribution in [3.8, 4) is 6.07 Å². The van der Waals surface area contributed by atoms with E-state index in [4.69, 9.17) is 9.15 Å². The Kier molecular flexibility index (Phi) is 6.29. The summed E-state index contributed by atoms with van der Waals surface area (Å²) >= 11 is 1.41. The molecular formula is C19H23N3O5S. The number of nitrogens with zero attached hydrogens (tertiary/aromatic N) is 2. The molecular weight excluding hydrogens is 382 g/mol. The molecule has 1 N–H and O–H groups in total. The van der Waals surface area contributed by atoms with Gasteiger partial charge >= 0.3 is 5.97 Å². The van der Waals surface area contributed by atoms with Crippen LogP contribution in [0.25, 0.3) is 0 Å². The van der Waals surface area contributed by atoms with Gasteiger partial charge in [0.1, 0.15) is 22.7 Å². The van der Waals surface area contributed by atoms with Gasteiger partial charge in [-0.3, -0.25) is 9.59 Å². The summed E-state index contributed by atoms with van der Waals surface area (Å²) in [7, 11) is 0. The highest BCUT2D eigenvalue weighted by molar-refractivity contribution is 7.99. The first kappa shape index (κ1) is 20.3. The first-order valence-electron chi connectivity index (χ1n) is 9.28. The molecule has 9 heteroatoms. The SMILES string of the molecule is CC(=O)N1[C@@H](c2ccco2)SC[C@H]1C(=O)OCC(=O)NC1(C#N)CCCCC1. The second-order valence-electron chi connectivity index (χ2n) is 7.05. The van der Waals surface area contributed by atoms with Crippen molar-refractivity contribution in [3.05, 3.63) is 24.2 Å². The van der Waals surface area contributed by atoms with Crippen LogP contribution in [0, 0.1) is 11.3 Å². The van der Waals surface area contributed by atoms with E-state index in [-0.39, 0.29) is 5.91 Å². The number of carbonyl (C=O) groups excluding carboxylic acids is 3. The number of thioether (sulfide) groups is 1. The van der Waals surface area contributed by atoms with Gasteiger partial charge in [0.15, 0.2) is 6.61 Å². The van der Waals surface area contributed by atoms with Crippen molar-refractivity contribution in [1.29, 1.82) is 5.26 Å². The summed E-state index contributed by atoms with van der Waals surface area (Å²) in [5.74, 6) is -0.473. The van der Waals surface area contributed by atoms with Gasteiger partial charge in [0, 0.05) is 12.7 Å². The molecule has 1 aromatic heterocycles. The maximum absolute atomic E-state index is 12.5. The highest BCUT2D eigenvalue weighted by atomic mass is 32.2. The molecule has 2 amide bonds. The smallest absolute Gasteiger partial charge is 0.330 e. The average Bonchev–Trinajstić information content (AvgIpc) is 3.36. The standard InChI is InChI=1S/C19H23N3O5S/c1-13(23)22-14(11-28-17(22)15-6-5-9-26-15)18(25)27-10-16(24)21-19(12-20)7-3-2-4-8-19/h5-6,9,14,17H,2-4,7-8,10-11H2,1H3,(H,21,24)/t14-,17+/m0/s1. The number of carbonyl (C=O) groups is 3. The summed E-state index contributed by atoms with van der Waals surface area (Å²) in [6.45, 7) is 0.912. The predicted molar refractivity (Wildman–Crippen MR) is 101 cm³/mol. The predicted octanol–water partition coefficient (Wildman–Crippen LogP) is 2.13. The van der Waals surface area contributed by atoms with E-state index in [0.29, 0.717) is 24.4 Å². The average molecular weight is 405 g/mol. The third-order valence-corrected chi connectivity index (χ3v) is 6.35. The van der Waals surface area contributed by atoms with Gasteiger partial charge in [-0.1, -0.05) is 19.3 Å². The van der Waals surface area contributed by atoms with Crippen LogP contribution in [0.3, 0.4) is 0 Å². The third kappa shape index (κ3) is 4.33. The van der Waals surface area contributed by atoms with Crippen LogP contribution in [-0.2, 0) is 19.1 Å². The molecule has 1 aliphatic carbocycles. The van der Waals surface area contributed by atoms with Gasteiger partial charge in [0.25, 0.3) is 5.91 Å². The monoisotopic (exact) mass is 405 g/mol. The summed E-state index contributed by atoms with van der Waals surface area (Å²) in [5.41, 5.74) is -0.874. The lowest BCUT2D eigenvalue weighted by atomic mass is 9.83. The third-order valence-electron chi connectivity index (χ3n) is 5.07. The number of rotatable bonds is 5. The topological polar surface area (TPSA) is 113 Å². The normalized spacial score (nSPS) is 23.6. The zero-order chi connectivity index (χ0) is 20.1. The number of nitrogens with one attached hydrogen (secondary N) is 1. The Morgan fingerprint density at radius 1 is 1.39 bits per heavy atom. The quantitative estimate of drug-likeness (QED) is 0.747. The molecule has 8 nitrogen and oxygen atoms in total. The molecule has 0 aromatic carbocycles. The number of furan rings is 1. The Morgan fingerprint density at radius 2 is 2.14 bits per heavy atom. The molecule has 3 rings (SSSR count). The minimum absolute atomic E-state index is 0.275. The fraction of sp³-hybridized carbons (Fsp3) is 0.579. The Hall–Kier alpha value is -2.47. The molecule has 1 saturated heterocycles. The van der Waals surface area contributed by atoms with E-state index < -0.39 is 35.4 Å². The first-order valence-corrected chi connectivity index (χ1v) is 10.3. The maximum Gasteiger partial charge on any atom is 0.330 e. The van der Waals surface area contributed by atoms with Crippen LogP contribution in [0.5, 0.6) is 0 Å². The fourth-order valence-electron chi connectivity index (χ4n) is 3.68. The molecule has 0 bridgehead atoms. The van der Waals surface area contributed by atoms with Crippen LogP contribution in [0.1, 0.15) is 50.2 Å². The molecule has 0 spiro atoms. The largest absolute Gasteiger partial charge is 0.466 e. The van der Waals surface area contributed by atoms with Crippen molar-refractivity contribution in [2.45, 2.75) is 56.0 Å². The van der Waals surface area contributed by atoms with E-state index in [1.165, 1.54) is 29.8 Å². The molecule has 28 heavy (non-hydrogen) atoms. The summed E-state index contributed by atoms with van der Waals surface area (Å²) in [4.78, 5) is 38.3. The lowest BCUT2D eigenvalue weighted by Gasteiger charge is -2.31. The van der Waals surface area contributed by atoms with Crippen LogP contribution >= 0.6 is 11.8 Å². The van der Waals surface area contributed by atoms with E-state index in [9.17, 15) is 19.6 Å². The van der Waals surface area contributed by atoms with E-state index in [2.05, 4.69) is 11.4 Å². The minimum Gasteiger partial charge on any atom is -0.466 e. The number of ether oxygens (including phenoxy) is 1. The van der Waals surface area contributed by atoms with Gasteiger partial charge in [-0.15, -0.1) is 11.8 Å². The Labute approximate surface area is 167 Å². The second kappa shape index (κ2) is 8.69. The Morgan fingerprint density at radius 3 is 2.75 bits per heavy atom. The van der Waals surface area contributed by atoms with Crippen LogP contribution in [0.15, 0.2) is 22.8 Å². The molecule has 0 unspecified atom stereocenters. The highest BCUT2D eigenvalue weighted by Gasteiger charge is 2.43. The number of hydrogen-bond donors (Lipinski definition) is 1. The molecule has 2 atom stereocenters. The van der Waals surface area contributed by atoms with E-state index in [1.54, 1.807) is 12.1 Å². The van der Waals surface area contributed by atoms with Crippen molar-refractivity contribution in [2.24, 2.45) is 0 Å². The number of esters is 1. The maximum atomic E-state index is 12.5. The number of nitriles is 1. The summed E-state index contributed by atoms with van der Waals surface area (Å²) in [6, 6.07) is 4.88. The van der Waals surface area contributed by atoms with Crippen molar-refractivity contribution in [3.63, 3.8) is 0 Å². The molecule has 1 saturated carbocycles. The van der Waals surface area contributed by atoms with Crippen LogP contribution < -0.4 is 5.32 Å². The molecule has 150 valence electrons. The van der Waals surface area contributed by atoms with Gasteiger partial charge in [0.2, 0.25) is 5.91 Å². The van der Waals surface area contributed by atoms with Crippen LogP contribution in [-0.4, -0.2) is 46.6 Å². The summed E-state index contributed by atoms with van der Waals surface area (Å²) in [6.07, 6.45) is 5.53. The Bertz CT molecular complexity index is 767. The number of amides is 2. The van der Waals surface area contributed by atoms with Gasteiger partial charge in [-0.05, 0) is 25.0 Å². The fourth-order valence-corrected chi connectivity index (χ4v) is 5.10. The van der Waals surface area contributed by atoms with Crippen LogP contribution in [0.2, 0.25) is 0 Å². The minimum atomic E-state index is -0.874. The lowest BCUT2D eigenvalue weighted by Crippen LogP contribution is -2.50.